The highest BCUT2D eigenvalue weighted by atomic mass is 35.5. The van der Waals surface area contributed by atoms with Gasteiger partial charge in [0.25, 0.3) is 17.5 Å². The van der Waals surface area contributed by atoms with Crippen LogP contribution in [0.5, 0.6) is 0 Å². The van der Waals surface area contributed by atoms with Gasteiger partial charge in [0.15, 0.2) is 5.78 Å². The third kappa shape index (κ3) is 7.37. The van der Waals surface area contributed by atoms with Gasteiger partial charge in [-0.2, -0.15) is 0 Å². The number of nitrogens with one attached hydrogen (secondary N) is 2. The number of halogens is 1. The highest BCUT2D eigenvalue weighted by Crippen LogP contribution is 2.19. The maximum Gasteiger partial charge on any atom is 0.272 e. The largest absolute Gasteiger partial charge is 0.321 e. The van der Waals surface area contributed by atoms with Gasteiger partial charge in [-0.25, -0.2) is 0 Å². The Hall–Kier alpha value is -5.34. The minimum Gasteiger partial charge on any atom is -0.321 e. The lowest BCUT2D eigenvalue weighted by Crippen LogP contribution is -2.30. The van der Waals surface area contributed by atoms with Crippen LogP contribution in [0.25, 0.3) is 12.2 Å². The van der Waals surface area contributed by atoms with Crippen LogP contribution in [0.2, 0.25) is 5.02 Å². The zero-order chi connectivity index (χ0) is 28.5. The standard InChI is InChI=1S/C31H22ClN3O5/c32-27-9-5-4-8-24(27)20-28(34-30(37)23-6-2-1-3-7-23)31(38)33-25-15-13-22(14-16-25)29(36)19-12-21-10-17-26(18-11-21)35(39)40/h1-20H,(H,33,38)(H,34,37)/b19-12+,28-20-. The van der Waals surface area contributed by atoms with E-state index in [-0.39, 0.29) is 17.2 Å². The molecule has 2 N–H and O–H groups in total. The maximum absolute atomic E-state index is 13.2. The van der Waals surface area contributed by atoms with Crippen LogP contribution >= 0.6 is 11.6 Å². The van der Waals surface area contributed by atoms with Gasteiger partial charge >= 0.3 is 0 Å². The summed E-state index contributed by atoms with van der Waals surface area (Å²) in [6, 6.07) is 27.4. The van der Waals surface area contributed by atoms with E-state index in [1.54, 1.807) is 97.1 Å². The molecule has 0 aliphatic carbocycles. The summed E-state index contributed by atoms with van der Waals surface area (Å²) in [6.07, 6.45) is 4.40. The van der Waals surface area contributed by atoms with Crippen molar-refractivity contribution >= 4 is 52.7 Å². The number of hydrogen-bond acceptors (Lipinski definition) is 5. The molecule has 8 nitrogen and oxygen atoms in total. The number of nitro benzene ring substituents is 1. The molecule has 0 bridgehead atoms. The van der Waals surface area contributed by atoms with Gasteiger partial charge < -0.3 is 10.6 Å². The van der Waals surface area contributed by atoms with E-state index in [1.165, 1.54) is 24.3 Å². The summed E-state index contributed by atoms with van der Waals surface area (Å²) in [5.41, 5.74) is 2.28. The van der Waals surface area contributed by atoms with Gasteiger partial charge in [0, 0.05) is 34.0 Å². The first-order valence-corrected chi connectivity index (χ1v) is 12.4. The van der Waals surface area contributed by atoms with Gasteiger partial charge in [-0.3, -0.25) is 24.5 Å². The quantitative estimate of drug-likeness (QED) is 0.106. The fourth-order valence-electron chi connectivity index (χ4n) is 3.58. The maximum atomic E-state index is 13.2. The summed E-state index contributed by atoms with van der Waals surface area (Å²) in [4.78, 5) is 48.8. The predicted molar refractivity (Wildman–Crippen MR) is 155 cm³/mol. The van der Waals surface area contributed by atoms with Crippen molar-refractivity contribution in [3.63, 3.8) is 0 Å². The van der Waals surface area contributed by atoms with E-state index < -0.39 is 16.7 Å². The number of non-ortho nitro benzene ring substituents is 1. The van der Waals surface area contributed by atoms with Crippen molar-refractivity contribution in [1.82, 2.24) is 5.32 Å². The van der Waals surface area contributed by atoms with Crippen LogP contribution in [0.1, 0.15) is 31.8 Å². The van der Waals surface area contributed by atoms with Gasteiger partial charge in [0.05, 0.1) is 4.92 Å². The van der Waals surface area contributed by atoms with Crippen molar-refractivity contribution in [2.75, 3.05) is 5.32 Å². The molecule has 0 fully saturated rings. The molecule has 0 radical (unpaired) electrons. The Morgan fingerprint density at radius 3 is 2.08 bits per heavy atom. The zero-order valence-corrected chi connectivity index (χ0v) is 21.7. The first kappa shape index (κ1) is 27.7. The molecule has 0 aliphatic heterocycles. The monoisotopic (exact) mass is 551 g/mol. The Morgan fingerprint density at radius 1 is 0.775 bits per heavy atom. The second-order valence-corrected chi connectivity index (χ2v) is 8.88. The molecule has 2 amide bonds. The minimum absolute atomic E-state index is 0.0202. The van der Waals surface area contributed by atoms with Crippen LogP contribution in [-0.4, -0.2) is 22.5 Å². The summed E-state index contributed by atoms with van der Waals surface area (Å²) in [5.74, 6) is -1.33. The third-order valence-corrected chi connectivity index (χ3v) is 6.04. The summed E-state index contributed by atoms with van der Waals surface area (Å²) >= 11 is 6.26. The molecule has 0 aliphatic rings. The van der Waals surface area contributed by atoms with E-state index in [9.17, 15) is 24.5 Å². The molecule has 9 heteroatoms. The predicted octanol–water partition coefficient (Wildman–Crippen LogP) is 6.55. The molecule has 4 aromatic carbocycles. The number of amides is 2. The number of ketones is 1. The Bertz CT molecular complexity index is 1610. The molecule has 0 heterocycles. The lowest BCUT2D eigenvalue weighted by Gasteiger charge is -2.12. The molecule has 0 atom stereocenters. The molecule has 0 unspecified atom stereocenters. The van der Waals surface area contributed by atoms with E-state index in [1.807, 2.05) is 0 Å². The van der Waals surface area contributed by atoms with Crippen LogP contribution in [0.15, 0.2) is 115 Å². The molecule has 4 aromatic rings. The molecular weight excluding hydrogens is 530 g/mol. The number of benzene rings is 4. The van der Waals surface area contributed by atoms with E-state index in [0.717, 1.165) is 0 Å². The van der Waals surface area contributed by atoms with Gasteiger partial charge in [-0.05, 0) is 77.9 Å². The second-order valence-electron chi connectivity index (χ2n) is 8.48. The van der Waals surface area contributed by atoms with Crippen LogP contribution in [0.4, 0.5) is 11.4 Å². The average molecular weight is 552 g/mol. The van der Waals surface area contributed by atoms with Crippen molar-refractivity contribution in [1.29, 1.82) is 0 Å². The smallest absolute Gasteiger partial charge is 0.272 e. The number of hydrogen-bond donors (Lipinski definition) is 2. The van der Waals surface area contributed by atoms with Crippen molar-refractivity contribution in [3.05, 3.63) is 152 Å². The van der Waals surface area contributed by atoms with E-state index in [2.05, 4.69) is 10.6 Å². The van der Waals surface area contributed by atoms with Gasteiger partial charge in [-0.15, -0.1) is 0 Å². The Balaban J connectivity index is 1.48. The van der Waals surface area contributed by atoms with Crippen molar-refractivity contribution in [2.24, 2.45) is 0 Å². The summed E-state index contributed by atoms with van der Waals surface area (Å²) in [7, 11) is 0. The Labute approximate surface area is 234 Å². The summed E-state index contributed by atoms with van der Waals surface area (Å²) in [5, 5.41) is 16.6. The molecule has 0 spiro atoms. The number of allylic oxidation sites excluding steroid dienone is 1. The molecule has 40 heavy (non-hydrogen) atoms. The van der Waals surface area contributed by atoms with E-state index >= 15 is 0 Å². The third-order valence-electron chi connectivity index (χ3n) is 5.69. The molecular formula is C31H22ClN3O5. The normalized spacial score (nSPS) is 11.2. The number of carbonyl (C=O) groups is 3. The highest BCUT2D eigenvalue weighted by molar-refractivity contribution is 6.32. The second kappa shape index (κ2) is 12.9. The fourth-order valence-corrected chi connectivity index (χ4v) is 3.77. The van der Waals surface area contributed by atoms with Gasteiger partial charge in [0.1, 0.15) is 5.70 Å². The van der Waals surface area contributed by atoms with Crippen LogP contribution in [0.3, 0.4) is 0 Å². The Morgan fingerprint density at radius 2 is 1.43 bits per heavy atom. The molecule has 198 valence electrons. The van der Waals surface area contributed by atoms with Crippen LogP contribution in [0, 0.1) is 10.1 Å². The van der Waals surface area contributed by atoms with Gasteiger partial charge in [0.2, 0.25) is 0 Å². The average Bonchev–Trinajstić information content (AvgIpc) is 2.97. The van der Waals surface area contributed by atoms with Crippen LogP contribution in [-0.2, 0) is 4.79 Å². The van der Waals surface area contributed by atoms with E-state index in [0.29, 0.717) is 33.0 Å². The lowest BCUT2D eigenvalue weighted by atomic mass is 10.1. The first-order valence-electron chi connectivity index (χ1n) is 12.0. The molecule has 0 saturated heterocycles. The Kier molecular flexibility index (Phi) is 8.96. The van der Waals surface area contributed by atoms with Crippen LogP contribution < -0.4 is 10.6 Å². The zero-order valence-electron chi connectivity index (χ0n) is 20.9. The minimum atomic E-state index is -0.582. The topological polar surface area (TPSA) is 118 Å². The number of rotatable bonds is 9. The van der Waals surface area contributed by atoms with Crippen molar-refractivity contribution < 1.29 is 19.3 Å². The number of carbonyl (C=O) groups excluding carboxylic acids is 3. The summed E-state index contributed by atoms with van der Waals surface area (Å²) in [6.45, 7) is 0. The van der Waals surface area contributed by atoms with Crippen molar-refractivity contribution in [2.45, 2.75) is 0 Å². The fraction of sp³-hybridized carbons (Fsp3) is 0. The van der Waals surface area contributed by atoms with Crippen molar-refractivity contribution in [3.8, 4) is 0 Å². The number of nitrogens with zero attached hydrogens (tertiary/aromatic N) is 1. The number of anilines is 1. The molecule has 0 aromatic heterocycles. The molecule has 4 rings (SSSR count). The van der Waals surface area contributed by atoms with Gasteiger partial charge in [-0.1, -0.05) is 54.1 Å². The van der Waals surface area contributed by atoms with E-state index in [4.69, 9.17) is 11.6 Å². The number of nitro groups is 1. The highest BCUT2D eigenvalue weighted by Gasteiger charge is 2.16. The first-order chi connectivity index (χ1) is 19.3. The lowest BCUT2D eigenvalue weighted by molar-refractivity contribution is -0.384. The SMILES string of the molecule is O=C(Nc1ccc(C(=O)/C=C/c2ccc([N+](=O)[O-])cc2)cc1)/C(=C/c1ccccc1Cl)NC(=O)c1ccccc1. The summed E-state index contributed by atoms with van der Waals surface area (Å²) < 4.78 is 0. The molecule has 0 saturated carbocycles.